The Labute approximate surface area is 183 Å². The number of rotatable bonds is 7. The zero-order valence-electron chi connectivity index (χ0n) is 18.2. The molecular weight excluding hydrogens is 388 g/mol. The lowest BCUT2D eigenvalue weighted by Gasteiger charge is -2.16. The summed E-state index contributed by atoms with van der Waals surface area (Å²) in [7, 11) is 0. The Morgan fingerprint density at radius 1 is 1.16 bits per heavy atom. The number of fused-ring (bicyclic) bond motifs is 1. The fourth-order valence-electron chi connectivity index (χ4n) is 3.68. The zero-order chi connectivity index (χ0) is 21.5. The van der Waals surface area contributed by atoms with E-state index in [2.05, 4.69) is 59.8 Å². The van der Waals surface area contributed by atoms with Crippen LogP contribution >= 0.6 is 0 Å². The lowest BCUT2D eigenvalue weighted by Crippen LogP contribution is -2.36. The molecule has 0 radical (unpaired) electrons. The van der Waals surface area contributed by atoms with Crippen LogP contribution in [0.1, 0.15) is 30.0 Å². The van der Waals surface area contributed by atoms with Crippen molar-refractivity contribution in [2.45, 2.75) is 39.5 Å². The van der Waals surface area contributed by atoms with Gasteiger partial charge in [-0.15, -0.1) is 0 Å². The molecule has 0 spiro atoms. The van der Waals surface area contributed by atoms with E-state index in [-0.39, 0.29) is 6.10 Å². The fourth-order valence-corrected chi connectivity index (χ4v) is 3.68. The molecule has 4 rings (SSSR count). The molecule has 3 aromatic rings. The van der Waals surface area contributed by atoms with E-state index in [9.17, 15) is 0 Å². The first-order chi connectivity index (χ1) is 15.2. The summed E-state index contributed by atoms with van der Waals surface area (Å²) >= 11 is 0. The number of aliphatic imine (C=N–C) groups is 1. The van der Waals surface area contributed by atoms with Crippen LogP contribution in [-0.4, -0.2) is 36.8 Å². The molecular formula is C25H30N4O2. The first kappa shape index (κ1) is 21.1. The summed E-state index contributed by atoms with van der Waals surface area (Å²) in [4.78, 5) is 9.25. The molecule has 0 amide bonds. The highest BCUT2D eigenvalue weighted by Gasteiger charge is 2.18. The quantitative estimate of drug-likeness (QED) is 0.449. The van der Waals surface area contributed by atoms with E-state index in [4.69, 9.17) is 14.5 Å². The normalized spacial score (nSPS) is 16.5. The van der Waals surface area contributed by atoms with Crippen LogP contribution in [0.25, 0.3) is 10.9 Å². The number of hydrogen-bond donors (Lipinski definition) is 2. The van der Waals surface area contributed by atoms with Gasteiger partial charge in [-0.3, -0.25) is 4.98 Å². The Morgan fingerprint density at radius 2 is 2.06 bits per heavy atom. The highest BCUT2D eigenvalue weighted by Crippen LogP contribution is 2.24. The summed E-state index contributed by atoms with van der Waals surface area (Å²) in [6.45, 7) is 7.57. The van der Waals surface area contributed by atoms with Crippen molar-refractivity contribution in [2.24, 2.45) is 4.99 Å². The van der Waals surface area contributed by atoms with E-state index >= 15 is 0 Å². The SMILES string of the molecule is CCNC(=NCc1ccc(C)cc1OC1CCOC1)NCc1ccnc2ccccc12. The van der Waals surface area contributed by atoms with Crippen LogP contribution in [0, 0.1) is 6.92 Å². The average molecular weight is 419 g/mol. The molecule has 0 saturated carbocycles. The molecule has 1 fully saturated rings. The van der Waals surface area contributed by atoms with Crippen molar-refractivity contribution in [3.05, 3.63) is 71.4 Å². The Hall–Kier alpha value is -3.12. The number of nitrogens with one attached hydrogen (secondary N) is 2. The van der Waals surface area contributed by atoms with E-state index in [0.717, 1.165) is 47.7 Å². The van der Waals surface area contributed by atoms with Gasteiger partial charge in [-0.05, 0) is 43.2 Å². The van der Waals surface area contributed by atoms with Crippen LogP contribution in [0.4, 0.5) is 0 Å². The topological polar surface area (TPSA) is 67.8 Å². The number of para-hydroxylation sites is 1. The Balaban J connectivity index is 1.47. The first-order valence-corrected chi connectivity index (χ1v) is 10.9. The molecule has 0 aliphatic carbocycles. The van der Waals surface area contributed by atoms with Gasteiger partial charge < -0.3 is 20.1 Å². The molecule has 1 aliphatic heterocycles. The maximum atomic E-state index is 6.22. The first-order valence-electron chi connectivity index (χ1n) is 10.9. The minimum atomic E-state index is 0.121. The Morgan fingerprint density at radius 3 is 2.90 bits per heavy atom. The summed E-state index contributed by atoms with van der Waals surface area (Å²) < 4.78 is 11.7. The van der Waals surface area contributed by atoms with Crippen molar-refractivity contribution in [3.63, 3.8) is 0 Å². The number of aryl methyl sites for hydroxylation is 1. The maximum Gasteiger partial charge on any atom is 0.191 e. The van der Waals surface area contributed by atoms with Crippen LogP contribution in [0.2, 0.25) is 0 Å². The molecule has 1 aromatic heterocycles. The number of ether oxygens (including phenoxy) is 2. The summed E-state index contributed by atoms with van der Waals surface area (Å²) in [5.74, 6) is 1.68. The van der Waals surface area contributed by atoms with Crippen molar-refractivity contribution in [1.82, 2.24) is 15.6 Å². The second-order valence-corrected chi connectivity index (χ2v) is 7.75. The Bertz CT molecular complexity index is 1040. The molecule has 2 N–H and O–H groups in total. The predicted octanol–water partition coefficient (Wildman–Crippen LogP) is 3.97. The molecule has 1 atom stereocenters. The molecule has 2 heterocycles. The second kappa shape index (κ2) is 10.3. The van der Waals surface area contributed by atoms with E-state index in [1.54, 1.807) is 0 Å². The standard InChI is InChI=1S/C25H30N4O2/c1-3-26-25(28-15-19-10-12-27-23-7-5-4-6-22(19)23)29-16-20-9-8-18(2)14-24(20)31-21-11-13-30-17-21/h4-10,12,14,21H,3,11,13,15-17H2,1-2H3,(H2,26,28,29). The predicted molar refractivity (Wildman–Crippen MR) is 124 cm³/mol. The van der Waals surface area contributed by atoms with Crippen molar-refractivity contribution in [3.8, 4) is 5.75 Å². The highest BCUT2D eigenvalue weighted by atomic mass is 16.5. The smallest absolute Gasteiger partial charge is 0.191 e. The third kappa shape index (κ3) is 5.52. The van der Waals surface area contributed by atoms with Gasteiger partial charge in [0.2, 0.25) is 0 Å². The highest BCUT2D eigenvalue weighted by molar-refractivity contribution is 5.83. The van der Waals surface area contributed by atoms with Crippen LogP contribution in [0.3, 0.4) is 0 Å². The van der Waals surface area contributed by atoms with Gasteiger partial charge in [0.05, 0.1) is 25.3 Å². The fraction of sp³-hybridized carbons (Fsp3) is 0.360. The summed E-state index contributed by atoms with van der Waals surface area (Å²) in [6.07, 6.45) is 2.91. The number of pyridine rings is 1. The summed E-state index contributed by atoms with van der Waals surface area (Å²) in [6, 6.07) is 16.5. The summed E-state index contributed by atoms with van der Waals surface area (Å²) in [5.41, 5.74) is 4.44. The van der Waals surface area contributed by atoms with Gasteiger partial charge in [-0.25, -0.2) is 4.99 Å². The van der Waals surface area contributed by atoms with Crippen LogP contribution < -0.4 is 15.4 Å². The number of aromatic nitrogens is 1. The third-order valence-electron chi connectivity index (χ3n) is 5.34. The van der Waals surface area contributed by atoms with Gasteiger partial charge in [-0.2, -0.15) is 0 Å². The number of benzene rings is 2. The third-order valence-corrected chi connectivity index (χ3v) is 5.34. The lowest BCUT2D eigenvalue weighted by molar-refractivity contribution is 0.140. The summed E-state index contributed by atoms with van der Waals surface area (Å²) in [5, 5.41) is 7.95. The largest absolute Gasteiger partial charge is 0.488 e. The van der Waals surface area contributed by atoms with E-state index in [1.165, 1.54) is 11.1 Å². The molecule has 1 aliphatic rings. The van der Waals surface area contributed by atoms with Crippen molar-refractivity contribution in [1.29, 1.82) is 0 Å². The van der Waals surface area contributed by atoms with E-state index < -0.39 is 0 Å². The molecule has 0 bridgehead atoms. The second-order valence-electron chi connectivity index (χ2n) is 7.75. The molecule has 31 heavy (non-hydrogen) atoms. The van der Waals surface area contributed by atoms with Gasteiger partial charge in [-0.1, -0.05) is 30.3 Å². The van der Waals surface area contributed by atoms with Gasteiger partial charge in [0.15, 0.2) is 5.96 Å². The van der Waals surface area contributed by atoms with E-state index in [1.807, 2.05) is 24.4 Å². The van der Waals surface area contributed by atoms with Crippen molar-refractivity contribution >= 4 is 16.9 Å². The van der Waals surface area contributed by atoms with Crippen LogP contribution in [-0.2, 0) is 17.8 Å². The van der Waals surface area contributed by atoms with Crippen LogP contribution in [0.15, 0.2) is 59.7 Å². The zero-order valence-corrected chi connectivity index (χ0v) is 18.2. The monoisotopic (exact) mass is 418 g/mol. The Kier molecular flexibility index (Phi) is 6.99. The van der Waals surface area contributed by atoms with Crippen molar-refractivity contribution < 1.29 is 9.47 Å². The maximum absolute atomic E-state index is 6.22. The average Bonchev–Trinajstić information content (AvgIpc) is 3.30. The lowest BCUT2D eigenvalue weighted by atomic mass is 10.1. The minimum Gasteiger partial charge on any atom is -0.488 e. The molecule has 1 unspecified atom stereocenters. The minimum absolute atomic E-state index is 0.121. The van der Waals surface area contributed by atoms with Gasteiger partial charge in [0.1, 0.15) is 11.9 Å². The van der Waals surface area contributed by atoms with Gasteiger partial charge in [0, 0.05) is 36.7 Å². The number of hydrogen-bond acceptors (Lipinski definition) is 4. The molecule has 2 aromatic carbocycles. The molecule has 6 nitrogen and oxygen atoms in total. The van der Waals surface area contributed by atoms with Gasteiger partial charge >= 0.3 is 0 Å². The van der Waals surface area contributed by atoms with Crippen molar-refractivity contribution in [2.75, 3.05) is 19.8 Å². The number of nitrogens with zero attached hydrogens (tertiary/aromatic N) is 2. The van der Waals surface area contributed by atoms with Crippen LogP contribution in [0.5, 0.6) is 5.75 Å². The molecule has 1 saturated heterocycles. The van der Waals surface area contributed by atoms with E-state index in [0.29, 0.717) is 19.7 Å². The molecule has 162 valence electrons. The number of guanidine groups is 1. The molecule has 6 heteroatoms. The van der Waals surface area contributed by atoms with Gasteiger partial charge in [0.25, 0.3) is 0 Å².